The van der Waals surface area contributed by atoms with Crippen LogP contribution in [-0.4, -0.2) is 38.2 Å². The monoisotopic (exact) mass is 474 g/mol. The zero-order chi connectivity index (χ0) is 23.6. The van der Waals surface area contributed by atoms with Crippen LogP contribution in [-0.2, 0) is 16.1 Å². The molecule has 3 rings (SSSR count). The van der Waals surface area contributed by atoms with Gasteiger partial charge in [-0.2, -0.15) is 0 Å². The fraction of sp³-hybridized carbons (Fsp3) is 0.440. The molecule has 0 spiro atoms. The van der Waals surface area contributed by atoms with Crippen LogP contribution in [0.2, 0.25) is 5.02 Å². The van der Waals surface area contributed by atoms with Gasteiger partial charge in [0.05, 0.1) is 7.11 Å². The van der Waals surface area contributed by atoms with Crippen molar-refractivity contribution in [1.29, 1.82) is 0 Å². The van der Waals surface area contributed by atoms with Gasteiger partial charge in [0.1, 0.15) is 5.75 Å². The molecule has 2 amide bonds. The van der Waals surface area contributed by atoms with E-state index in [0.29, 0.717) is 28.3 Å². The lowest BCUT2D eigenvalue weighted by atomic mass is 9.95. The van der Waals surface area contributed by atoms with Crippen molar-refractivity contribution in [3.8, 4) is 17.2 Å². The summed E-state index contributed by atoms with van der Waals surface area (Å²) in [5.41, 5.74) is 1.92. The number of hydrogen-bond acceptors (Lipinski definition) is 6. The second-order valence-electron chi connectivity index (χ2n) is 8.16. The number of nitrogens with one attached hydrogen (secondary N) is 2. The van der Waals surface area contributed by atoms with Gasteiger partial charge in [0.2, 0.25) is 0 Å². The van der Waals surface area contributed by atoms with Crippen molar-refractivity contribution in [2.45, 2.75) is 51.6 Å². The van der Waals surface area contributed by atoms with Crippen molar-refractivity contribution in [2.75, 3.05) is 20.3 Å². The summed E-state index contributed by atoms with van der Waals surface area (Å²) in [6, 6.07) is 11.3. The number of halogens is 1. The van der Waals surface area contributed by atoms with Gasteiger partial charge in [0.15, 0.2) is 24.7 Å². The van der Waals surface area contributed by atoms with Crippen LogP contribution in [0.1, 0.15) is 43.2 Å². The lowest BCUT2D eigenvalue weighted by Gasteiger charge is -2.23. The van der Waals surface area contributed by atoms with Crippen molar-refractivity contribution in [2.24, 2.45) is 0 Å². The van der Waals surface area contributed by atoms with Gasteiger partial charge in [-0.15, -0.1) is 0 Å². The zero-order valence-electron chi connectivity index (χ0n) is 19.1. The number of imide groups is 1. The molecule has 2 N–H and O–H groups in total. The van der Waals surface area contributed by atoms with Gasteiger partial charge < -0.3 is 19.5 Å². The van der Waals surface area contributed by atoms with Gasteiger partial charge in [-0.3, -0.25) is 14.9 Å². The Kier molecular flexibility index (Phi) is 9.39. The highest BCUT2D eigenvalue weighted by Gasteiger charge is 2.14. The zero-order valence-corrected chi connectivity index (χ0v) is 19.9. The number of amides is 2. The molecule has 2 aromatic rings. The Hall–Kier alpha value is -2.77. The average Bonchev–Trinajstić information content (AvgIpc) is 2.83. The SMILES string of the molecule is COc1cc(CNC2CCCCC2)ccc1OCC(=O)NC(=O)COc1ccc(Cl)c(C)c1. The van der Waals surface area contributed by atoms with Crippen LogP contribution in [0, 0.1) is 6.92 Å². The van der Waals surface area contributed by atoms with Crippen molar-refractivity contribution in [3.63, 3.8) is 0 Å². The molecular formula is C25H31ClN2O5. The van der Waals surface area contributed by atoms with Crippen molar-refractivity contribution < 1.29 is 23.8 Å². The lowest BCUT2D eigenvalue weighted by Crippen LogP contribution is -2.37. The molecule has 0 aliphatic heterocycles. The molecule has 0 unspecified atom stereocenters. The number of hydrogen-bond donors (Lipinski definition) is 2. The molecule has 0 saturated heterocycles. The molecule has 0 radical (unpaired) electrons. The Labute approximate surface area is 199 Å². The Morgan fingerprint density at radius 2 is 1.70 bits per heavy atom. The maximum absolute atomic E-state index is 12.1. The van der Waals surface area contributed by atoms with E-state index < -0.39 is 11.8 Å². The maximum atomic E-state index is 12.1. The first-order chi connectivity index (χ1) is 15.9. The average molecular weight is 475 g/mol. The van der Waals surface area contributed by atoms with Crippen LogP contribution >= 0.6 is 11.6 Å². The highest BCUT2D eigenvalue weighted by atomic mass is 35.5. The smallest absolute Gasteiger partial charge is 0.264 e. The van der Waals surface area contributed by atoms with Crippen LogP contribution in [0.3, 0.4) is 0 Å². The van der Waals surface area contributed by atoms with Crippen molar-refractivity contribution in [3.05, 3.63) is 52.5 Å². The number of aryl methyl sites for hydroxylation is 1. The summed E-state index contributed by atoms with van der Waals surface area (Å²) in [6.45, 7) is 1.98. The summed E-state index contributed by atoms with van der Waals surface area (Å²) in [7, 11) is 1.56. The van der Waals surface area contributed by atoms with E-state index in [1.807, 2.05) is 19.1 Å². The molecule has 2 aromatic carbocycles. The second kappa shape index (κ2) is 12.5. The van der Waals surface area contributed by atoms with E-state index in [2.05, 4.69) is 10.6 Å². The number of benzene rings is 2. The summed E-state index contributed by atoms with van der Waals surface area (Å²) >= 11 is 5.97. The second-order valence-corrected chi connectivity index (χ2v) is 8.57. The normalized spacial score (nSPS) is 13.9. The number of methoxy groups -OCH3 is 1. The minimum absolute atomic E-state index is 0.293. The summed E-state index contributed by atoms with van der Waals surface area (Å²) < 4.78 is 16.4. The fourth-order valence-corrected chi connectivity index (χ4v) is 3.85. The van der Waals surface area contributed by atoms with Crippen molar-refractivity contribution >= 4 is 23.4 Å². The number of carbonyl (C=O) groups is 2. The molecule has 0 bridgehead atoms. The largest absolute Gasteiger partial charge is 0.493 e. The predicted molar refractivity (Wildman–Crippen MR) is 127 cm³/mol. The standard InChI is InChI=1S/C25H31ClN2O5/c1-17-12-20(9-10-21(17)26)32-15-24(29)28-25(30)16-33-22-11-8-18(13-23(22)31-2)14-27-19-6-4-3-5-7-19/h8-13,19,27H,3-7,14-16H2,1-2H3,(H,28,29,30). The Morgan fingerprint density at radius 3 is 2.39 bits per heavy atom. The molecule has 8 heteroatoms. The molecular weight excluding hydrogens is 444 g/mol. The minimum atomic E-state index is -0.569. The summed E-state index contributed by atoms with van der Waals surface area (Å²) in [6.07, 6.45) is 6.33. The molecule has 1 aliphatic rings. The number of rotatable bonds is 10. The molecule has 1 saturated carbocycles. The van der Waals surface area contributed by atoms with E-state index in [-0.39, 0.29) is 13.2 Å². The van der Waals surface area contributed by atoms with Crippen LogP contribution in [0.4, 0.5) is 0 Å². The molecule has 0 aromatic heterocycles. The molecule has 1 fully saturated rings. The molecule has 7 nitrogen and oxygen atoms in total. The van der Waals surface area contributed by atoms with Gasteiger partial charge in [0, 0.05) is 17.6 Å². The molecule has 178 valence electrons. The third-order valence-electron chi connectivity index (χ3n) is 5.57. The predicted octanol–water partition coefficient (Wildman–Crippen LogP) is 4.18. The first-order valence-corrected chi connectivity index (χ1v) is 11.6. The topological polar surface area (TPSA) is 85.9 Å². The van der Waals surface area contributed by atoms with Crippen molar-refractivity contribution in [1.82, 2.24) is 10.6 Å². The van der Waals surface area contributed by atoms with Gasteiger partial charge in [-0.25, -0.2) is 0 Å². The number of ether oxygens (including phenoxy) is 3. The Balaban J connectivity index is 1.43. The molecule has 33 heavy (non-hydrogen) atoms. The third-order valence-corrected chi connectivity index (χ3v) is 5.99. The fourth-order valence-electron chi connectivity index (χ4n) is 3.74. The van der Waals surface area contributed by atoms with Gasteiger partial charge in [0.25, 0.3) is 11.8 Å². The molecule has 1 aliphatic carbocycles. The van der Waals surface area contributed by atoms with E-state index in [0.717, 1.165) is 17.7 Å². The van der Waals surface area contributed by atoms with E-state index in [4.69, 9.17) is 25.8 Å². The van der Waals surface area contributed by atoms with Gasteiger partial charge >= 0.3 is 0 Å². The highest BCUT2D eigenvalue weighted by molar-refractivity contribution is 6.31. The molecule has 0 heterocycles. The summed E-state index contributed by atoms with van der Waals surface area (Å²) in [4.78, 5) is 24.1. The minimum Gasteiger partial charge on any atom is -0.493 e. The summed E-state index contributed by atoms with van der Waals surface area (Å²) in [5, 5.41) is 6.45. The van der Waals surface area contributed by atoms with Crippen LogP contribution < -0.4 is 24.8 Å². The quantitative estimate of drug-likeness (QED) is 0.537. The Morgan fingerprint density at radius 1 is 0.970 bits per heavy atom. The first kappa shape index (κ1) is 24.9. The van der Waals surface area contributed by atoms with E-state index in [1.165, 1.54) is 32.1 Å². The van der Waals surface area contributed by atoms with E-state index in [9.17, 15) is 9.59 Å². The van der Waals surface area contributed by atoms with Crippen LogP contribution in [0.25, 0.3) is 0 Å². The molecule has 0 atom stereocenters. The third kappa shape index (κ3) is 7.94. The Bertz CT molecular complexity index is 960. The lowest BCUT2D eigenvalue weighted by molar-refractivity contribution is -0.132. The van der Waals surface area contributed by atoms with Crippen LogP contribution in [0.15, 0.2) is 36.4 Å². The van der Waals surface area contributed by atoms with Crippen LogP contribution in [0.5, 0.6) is 17.2 Å². The highest BCUT2D eigenvalue weighted by Crippen LogP contribution is 2.28. The van der Waals surface area contributed by atoms with Gasteiger partial charge in [-0.05, 0) is 61.2 Å². The van der Waals surface area contributed by atoms with Gasteiger partial charge in [-0.1, -0.05) is 36.9 Å². The van der Waals surface area contributed by atoms with E-state index >= 15 is 0 Å². The number of carbonyl (C=O) groups excluding carboxylic acids is 2. The summed E-state index contributed by atoms with van der Waals surface area (Å²) in [5.74, 6) is 0.347. The maximum Gasteiger partial charge on any atom is 0.264 e. The first-order valence-electron chi connectivity index (χ1n) is 11.2. The van der Waals surface area contributed by atoms with E-state index in [1.54, 1.807) is 31.4 Å².